The fraction of sp³-hybridized carbons (Fsp3) is 1.00. The van der Waals surface area contributed by atoms with Crippen molar-refractivity contribution < 1.29 is 4.74 Å². The van der Waals surface area contributed by atoms with Gasteiger partial charge in [0.05, 0.1) is 6.61 Å². The summed E-state index contributed by atoms with van der Waals surface area (Å²) in [4.78, 5) is 0. The molecule has 0 aliphatic rings. The maximum Gasteiger partial charge on any atom is 0.103 e. The Balaban J connectivity index is 3.37. The number of hydrogen-bond donors (Lipinski definition) is 0. The highest BCUT2D eigenvalue weighted by molar-refractivity contribution is 9.25. The molecular formula is C5H10Br2O. The zero-order valence-electron chi connectivity index (χ0n) is 5.08. The molecule has 0 N–H and O–H groups in total. The van der Waals surface area contributed by atoms with E-state index in [4.69, 9.17) is 4.74 Å². The zero-order chi connectivity index (χ0) is 6.62. The van der Waals surface area contributed by atoms with E-state index in [1.165, 1.54) is 0 Å². The SMILES string of the molecule is CCC(Br)(Br)COC. The molecule has 0 aromatic heterocycles. The highest BCUT2D eigenvalue weighted by Gasteiger charge is 2.18. The molecule has 0 radical (unpaired) electrons. The van der Waals surface area contributed by atoms with Gasteiger partial charge >= 0.3 is 0 Å². The van der Waals surface area contributed by atoms with E-state index in [1.54, 1.807) is 7.11 Å². The van der Waals surface area contributed by atoms with Crippen LogP contribution in [0.2, 0.25) is 0 Å². The molecule has 0 saturated heterocycles. The number of alkyl halides is 2. The summed E-state index contributed by atoms with van der Waals surface area (Å²) in [7, 11) is 1.69. The van der Waals surface area contributed by atoms with Crippen molar-refractivity contribution in [1.82, 2.24) is 0 Å². The fourth-order valence-corrected chi connectivity index (χ4v) is 0.771. The first-order valence-corrected chi connectivity index (χ1v) is 4.08. The molecule has 0 aliphatic carbocycles. The topological polar surface area (TPSA) is 9.23 Å². The largest absolute Gasteiger partial charge is 0.382 e. The van der Waals surface area contributed by atoms with Crippen LogP contribution in [0, 0.1) is 0 Å². The Morgan fingerprint density at radius 2 is 2.00 bits per heavy atom. The normalized spacial score (nSPS) is 12.0. The van der Waals surface area contributed by atoms with E-state index in [0.717, 1.165) is 6.42 Å². The lowest BCUT2D eigenvalue weighted by Gasteiger charge is -2.15. The molecule has 0 fully saturated rings. The molecule has 3 heteroatoms. The van der Waals surface area contributed by atoms with Crippen LogP contribution in [0.3, 0.4) is 0 Å². The number of halogens is 2. The van der Waals surface area contributed by atoms with Crippen LogP contribution in [0.4, 0.5) is 0 Å². The van der Waals surface area contributed by atoms with E-state index in [-0.39, 0.29) is 3.23 Å². The van der Waals surface area contributed by atoms with Gasteiger partial charge in [-0.2, -0.15) is 0 Å². The first-order chi connectivity index (χ1) is 3.62. The first kappa shape index (κ1) is 8.92. The van der Waals surface area contributed by atoms with E-state index in [2.05, 4.69) is 38.8 Å². The maximum atomic E-state index is 4.90. The van der Waals surface area contributed by atoms with Crippen molar-refractivity contribution in [1.29, 1.82) is 0 Å². The van der Waals surface area contributed by atoms with Gasteiger partial charge in [-0.25, -0.2) is 0 Å². The first-order valence-electron chi connectivity index (χ1n) is 2.49. The van der Waals surface area contributed by atoms with Gasteiger partial charge in [-0.05, 0) is 6.42 Å². The minimum absolute atomic E-state index is 0.00521. The average molecular weight is 246 g/mol. The summed E-state index contributed by atoms with van der Waals surface area (Å²) in [6, 6.07) is 0. The second-order valence-corrected chi connectivity index (χ2v) is 5.74. The lowest BCUT2D eigenvalue weighted by molar-refractivity contribution is 0.194. The van der Waals surface area contributed by atoms with E-state index >= 15 is 0 Å². The van der Waals surface area contributed by atoms with Gasteiger partial charge in [-0.15, -0.1) is 0 Å². The molecule has 0 bridgehead atoms. The van der Waals surface area contributed by atoms with E-state index in [9.17, 15) is 0 Å². The molecule has 0 aliphatic heterocycles. The van der Waals surface area contributed by atoms with Crippen molar-refractivity contribution in [3.63, 3.8) is 0 Å². The Morgan fingerprint density at radius 1 is 1.50 bits per heavy atom. The van der Waals surface area contributed by atoms with Gasteiger partial charge in [-0.3, -0.25) is 0 Å². The molecular weight excluding hydrogens is 236 g/mol. The highest BCUT2D eigenvalue weighted by atomic mass is 79.9. The molecule has 0 aromatic rings. The summed E-state index contributed by atoms with van der Waals surface area (Å²) in [5.41, 5.74) is 0. The number of methoxy groups -OCH3 is 1. The zero-order valence-corrected chi connectivity index (χ0v) is 8.25. The molecule has 0 heterocycles. The molecule has 0 aromatic carbocycles. The van der Waals surface area contributed by atoms with Crippen molar-refractivity contribution in [2.75, 3.05) is 13.7 Å². The summed E-state index contributed by atoms with van der Waals surface area (Å²) < 4.78 is 4.90. The van der Waals surface area contributed by atoms with Crippen molar-refractivity contribution in [3.8, 4) is 0 Å². The monoisotopic (exact) mass is 244 g/mol. The third-order valence-electron chi connectivity index (χ3n) is 0.873. The van der Waals surface area contributed by atoms with Gasteiger partial charge in [0.25, 0.3) is 0 Å². The Kier molecular flexibility index (Phi) is 4.30. The summed E-state index contributed by atoms with van der Waals surface area (Å²) >= 11 is 6.87. The molecule has 0 atom stereocenters. The van der Waals surface area contributed by atoms with E-state index in [0.29, 0.717) is 6.61 Å². The van der Waals surface area contributed by atoms with Crippen LogP contribution in [-0.4, -0.2) is 17.0 Å². The van der Waals surface area contributed by atoms with Gasteiger partial charge in [0.15, 0.2) is 0 Å². The molecule has 8 heavy (non-hydrogen) atoms. The van der Waals surface area contributed by atoms with Crippen LogP contribution in [-0.2, 0) is 4.74 Å². The molecule has 0 rings (SSSR count). The minimum Gasteiger partial charge on any atom is -0.382 e. The standard InChI is InChI=1S/C5H10Br2O/c1-3-5(6,7)4-8-2/h3-4H2,1-2H3. The highest BCUT2D eigenvalue weighted by Crippen LogP contribution is 2.29. The van der Waals surface area contributed by atoms with Crippen LogP contribution in [0.5, 0.6) is 0 Å². The second-order valence-electron chi connectivity index (χ2n) is 1.64. The quantitative estimate of drug-likeness (QED) is 0.695. The molecule has 1 nitrogen and oxygen atoms in total. The van der Waals surface area contributed by atoms with Gasteiger partial charge in [-0.1, -0.05) is 38.8 Å². The smallest absolute Gasteiger partial charge is 0.103 e. The molecule has 0 saturated carbocycles. The third kappa shape index (κ3) is 3.87. The van der Waals surface area contributed by atoms with Crippen LogP contribution in [0.25, 0.3) is 0 Å². The lowest BCUT2D eigenvalue weighted by Crippen LogP contribution is -2.16. The number of ether oxygens (including phenoxy) is 1. The predicted octanol–water partition coefficient (Wildman–Crippen LogP) is 2.53. The van der Waals surface area contributed by atoms with E-state index < -0.39 is 0 Å². The van der Waals surface area contributed by atoms with E-state index in [1.807, 2.05) is 0 Å². The third-order valence-corrected chi connectivity index (χ3v) is 2.45. The van der Waals surface area contributed by atoms with Gasteiger partial charge in [0, 0.05) is 7.11 Å². The predicted molar refractivity (Wildman–Crippen MR) is 42.8 cm³/mol. The fourth-order valence-electron chi connectivity index (χ4n) is 0.313. The Bertz CT molecular complexity index is 63.4. The van der Waals surface area contributed by atoms with Crippen molar-refractivity contribution in [2.45, 2.75) is 16.6 Å². The number of rotatable bonds is 3. The lowest BCUT2D eigenvalue weighted by atomic mass is 10.4. The molecule has 0 spiro atoms. The summed E-state index contributed by atoms with van der Waals surface area (Å²) in [6.07, 6.45) is 1.01. The van der Waals surface area contributed by atoms with Gasteiger partial charge < -0.3 is 4.74 Å². The summed E-state index contributed by atoms with van der Waals surface area (Å²) in [5.74, 6) is 0. The summed E-state index contributed by atoms with van der Waals surface area (Å²) in [5, 5.41) is 0. The Labute approximate surface area is 67.0 Å². The molecule has 50 valence electrons. The maximum absolute atomic E-state index is 4.90. The van der Waals surface area contributed by atoms with Crippen molar-refractivity contribution in [3.05, 3.63) is 0 Å². The average Bonchev–Trinajstić information content (AvgIpc) is 1.67. The van der Waals surface area contributed by atoms with Crippen molar-refractivity contribution in [2.24, 2.45) is 0 Å². The number of hydrogen-bond acceptors (Lipinski definition) is 1. The van der Waals surface area contributed by atoms with Gasteiger partial charge in [0.1, 0.15) is 3.23 Å². The Hall–Kier alpha value is 0.920. The van der Waals surface area contributed by atoms with Crippen LogP contribution in [0.1, 0.15) is 13.3 Å². The van der Waals surface area contributed by atoms with Crippen LogP contribution in [0.15, 0.2) is 0 Å². The van der Waals surface area contributed by atoms with Gasteiger partial charge in [0.2, 0.25) is 0 Å². The molecule has 0 amide bonds. The summed E-state index contributed by atoms with van der Waals surface area (Å²) in [6.45, 7) is 2.78. The minimum atomic E-state index is -0.00521. The Morgan fingerprint density at radius 3 is 2.12 bits per heavy atom. The molecule has 0 unspecified atom stereocenters. The van der Waals surface area contributed by atoms with Crippen molar-refractivity contribution >= 4 is 31.9 Å². The van der Waals surface area contributed by atoms with Crippen LogP contribution < -0.4 is 0 Å². The van der Waals surface area contributed by atoms with Crippen LogP contribution >= 0.6 is 31.9 Å². The second kappa shape index (κ2) is 3.85.